The van der Waals surface area contributed by atoms with E-state index >= 15 is 0 Å². The number of nitrogens with zero attached hydrogens (tertiary/aromatic N) is 1. The van der Waals surface area contributed by atoms with Gasteiger partial charge in [0, 0.05) is 28.4 Å². The second-order valence-corrected chi connectivity index (χ2v) is 12.4. The van der Waals surface area contributed by atoms with Crippen LogP contribution in [0.1, 0.15) is 58.7 Å². The Hall–Kier alpha value is -4.88. The Balaban J connectivity index is 1.34. The smallest absolute Gasteiger partial charge is 0.0465 e. The molecule has 0 amide bonds. The second-order valence-electron chi connectivity index (χ2n) is 12.4. The first-order valence-electron chi connectivity index (χ1n) is 15.2. The van der Waals surface area contributed by atoms with Crippen LogP contribution in [-0.4, -0.2) is 0 Å². The van der Waals surface area contributed by atoms with Crippen LogP contribution in [0.4, 0.5) is 17.1 Å². The lowest BCUT2D eigenvalue weighted by Crippen LogP contribution is -2.17. The van der Waals surface area contributed by atoms with Gasteiger partial charge in [0.05, 0.1) is 0 Å². The topological polar surface area (TPSA) is 3.24 Å². The van der Waals surface area contributed by atoms with Crippen molar-refractivity contribution in [1.29, 1.82) is 0 Å². The van der Waals surface area contributed by atoms with Crippen LogP contribution in [-0.2, 0) is 5.41 Å². The summed E-state index contributed by atoms with van der Waals surface area (Å²) >= 11 is 0. The minimum atomic E-state index is -0.139. The van der Waals surface area contributed by atoms with E-state index < -0.39 is 0 Å². The number of aryl methyl sites for hydroxylation is 2. The molecular weight excluding hydrogens is 518 g/mol. The maximum Gasteiger partial charge on any atom is 0.0465 e. The largest absolute Gasteiger partial charge is 0.310 e. The van der Waals surface area contributed by atoms with Gasteiger partial charge in [-0.2, -0.15) is 0 Å². The molecule has 0 saturated heterocycles. The third kappa shape index (κ3) is 4.85. The van der Waals surface area contributed by atoms with Crippen molar-refractivity contribution in [3.8, 4) is 11.1 Å². The Morgan fingerprint density at radius 2 is 0.977 bits per heavy atom. The van der Waals surface area contributed by atoms with Crippen molar-refractivity contribution in [1.82, 2.24) is 0 Å². The van der Waals surface area contributed by atoms with E-state index in [0.29, 0.717) is 0 Å². The van der Waals surface area contributed by atoms with E-state index in [1.807, 2.05) is 0 Å². The predicted octanol–water partition coefficient (Wildman–Crippen LogP) is 11.3. The van der Waals surface area contributed by atoms with Gasteiger partial charge in [-0.1, -0.05) is 129 Å². The van der Waals surface area contributed by atoms with Crippen LogP contribution in [0.15, 0.2) is 146 Å². The molecule has 0 radical (unpaired) electrons. The number of rotatable bonds is 6. The summed E-state index contributed by atoms with van der Waals surface area (Å²) in [5.74, 6) is 0.177. The summed E-state index contributed by atoms with van der Waals surface area (Å²) in [6, 6.07) is 53.6. The fourth-order valence-electron chi connectivity index (χ4n) is 6.93. The minimum Gasteiger partial charge on any atom is -0.310 e. The fraction of sp³-hybridized carbons (Fsp3) is 0.143. The molecule has 0 spiro atoms. The zero-order valence-corrected chi connectivity index (χ0v) is 25.4. The fourth-order valence-corrected chi connectivity index (χ4v) is 6.93. The maximum absolute atomic E-state index is 2.48. The zero-order chi connectivity index (χ0) is 29.6. The first-order valence-corrected chi connectivity index (χ1v) is 15.2. The lowest BCUT2D eigenvalue weighted by atomic mass is 9.79. The summed E-state index contributed by atoms with van der Waals surface area (Å²) in [5, 5.41) is 0. The average Bonchev–Trinajstić information content (AvgIpc) is 3.24. The first-order chi connectivity index (χ1) is 20.9. The Morgan fingerprint density at radius 1 is 0.442 bits per heavy atom. The molecule has 0 N–H and O–H groups in total. The van der Waals surface area contributed by atoms with Crippen LogP contribution >= 0.6 is 0 Å². The molecular formula is C42H37N. The molecule has 1 aliphatic carbocycles. The summed E-state index contributed by atoms with van der Waals surface area (Å²) in [5.41, 5.74) is 15.3. The maximum atomic E-state index is 2.48. The number of hydrogen-bond acceptors (Lipinski definition) is 1. The third-order valence-corrected chi connectivity index (χ3v) is 9.06. The Kier molecular flexibility index (Phi) is 6.75. The van der Waals surface area contributed by atoms with Crippen molar-refractivity contribution in [3.05, 3.63) is 185 Å². The van der Waals surface area contributed by atoms with Crippen molar-refractivity contribution >= 4 is 17.1 Å². The highest BCUT2D eigenvalue weighted by molar-refractivity contribution is 5.86. The molecule has 1 nitrogen and oxygen atoms in total. The lowest BCUT2D eigenvalue weighted by Gasteiger charge is -2.28. The molecule has 43 heavy (non-hydrogen) atoms. The van der Waals surface area contributed by atoms with Gasteiger partial charge in [-0.3, -0.25) is 0 Å². The van der Waals surface area contributed by atoms with Gasteiger partial charge in [0.2, 0.25) is 0 Å². The monoisotopic (exact) mass is 555 g/mol. The molecule has 1 aliphatic rings. The van der Waals surface area contributed by atoms with Gasteiger partial charge < -0.3 is 4.90 Å². The van der Waals surface area contributed by atoms with E-state index in [4.69, 9.17) is 0 Å². The van der Waals surface area contributed by atoms with Gasteiger partial charge in [0.25, 0.3) is 0 Å². The number of anilines is 3. The normalized spacial score (nSPS) is 13.7. The molecule has 1 unspecified atom stereocenters. The Bertz CT molecular complexity index is 1780. The van der Waals surface area contributed by atoms with E-state index in [1.165, 1.54) is 61.4 Å². The van der Waals surface area contributed by atoms with Crippen molar-refractivity contribution in [3.63, 3.8) is 0 Å². The summed E-state index contributed by atoms with van der Waals surface area (Å²) < 4.78 is 0. The predicted molar refractivity (Wildman–Crippen MR) is 182 cm³/mol. The molecule has 0 bridgehead atoms. The van der Waals surface area contributed by atoms with Crippen molar-refractivity contribution in [2.24, 2.45) is 0 Å². The minimum absolute atomic E-state index is 0.139. The average molecular weight is 556 g/mol. The Labute approximate surface area is 256 Å². The van der Waals surface area contributed by atoms with E-state index in [-0.39, 0.29) is 11.3 Å². The standard InChI is InChI=1S/C42H37N/c1-29-13-11-17-32(25-29)41(31-15-7-5-8-16-31)33-21-23-37-38-24-22-36(28-40(38)42(3,4)39(37)27-33)43(34-18-9-6-10-19-34)35-20-12-14-30(2)26-35/h5-28,41H,1-4H3. The van der Waals surface area contributed by atoms with Crippen LogP contribution in [0.2, 0.25) is 0 Å². The highest BCUT2D eigenvalue weighted by Gasteiger charge is 2.37. The molecule has 0 heterocycles. The van der Waals surface area contributed by atoms with Crippen molar-refractivity contribution in [2.75, 3.05) is 4.90 Å². The molecule has 0 saturated carbocycles. The quantitative estimate of drug-likeness (QED) is 0.185. The molecule has 210 valence electrons. The van der Waals surface area contributed by atoms with Gasteiger partial charge in [-0.25, -0.2) is 0 Å². The molecule has 1 heteroatoms. The van der Waals surface area contributed by atoms with Gasteiger partial charge in [0.1, 0.15) is 0 Å². The van der Waals surface area contributed by atoms with Gasteiger partial charge >= 0.3 is 0 Å². The van der Waals surface area contributed by atoms with Crippen LogP contribution in [0.5, 0.6) is 0 Å². The van der Waals surface area contributed by atoms with Crippen molar-refractivity contribution in [2.45, 2.75) is 39.0 Å². The number of hydrogen-bond donors (Lipinski definition) is 0. The summed E-state index contributed by atoms with van der Waals surface area (Å²) in [7, 11) is 0. The summed E-state index contributed by atoms with van der Waals surface area (Å²) in [6.07, 6.45) is 0. The first kappa shape index (κ1) is 27.0. The van der Waals surface area contributed by atoms with Crippen LogP contribution in [0, 0.1) is 13.8 Å². The third-order valence-electron chi connectivity index (χ3n) is 9.06. The van der Waals surface area contributed by atoms with Crippen LogP contribution < -0.4 is 4.90 Å². The molecule has 0 aromatic heterocycles. The molecule has 6 aromatic rings. The molecule has 6 aromatic carbocycles. The Morgan fingerprint density at radius 3 is 1.67 bits per heavy atom. The van der Waals surface area contributed by atoms with Crippen molar-refractivity contribution < 1.29 is 0 Å². The second kappa shape index (κ2) is 10.7. The van der Waals surface area contributed by atoms with Crippen LogP contribution in [0.3, 0.4) is 0 Å². The summed E-state index contributed by atoms with van der Waals surface area (Å²) in [4.78, 5) is 2.38. The van der Waals surface area contributed by atoms with Gasteiger partial charge in [-0.05, 0) is 94.8 Å². The van der Waals surface area contributed by atoms with E-state index in [9.17, 15) is 0 Å². The zero-order valence-electron chi connectivity index (χ0n) is 25.4. The number of para-hydroxylation sites is 1. The highest BCUT2D eigenvalue weighted by atomic mass is 15.1. The summed E-state index contributed by atoms with van der Waals surface area (Å²) in [6.45, 7) is 9.11. The van der Waals surface area contributed by atoms with E-state index in [1.54, 1.807) is 0 Å². The SMILES string of the molecule is Cc1cccc(C(c2ccccc2)c2ccc3c(c2)C(C)(C)c2cc(N(c4ccccc4)c4cccc(C)c4)ccc2-3)c1. The highest BCUT2D eigenvalue weighted by Crippen LogP contribution is 2.52. The molecule has 0 aliphatic heterocycles. The number of fused-ring (bicyclic) bond motifs is 3. The van der Waals surface area contributed by atoms with Crippen LogP contribution in [0.25, 0.3) is 11.1 Å². The number of benzene rings is 6. The van der Waals surface area contributed by atoms with E-state index in [0.717, 1.165) is 5.69 Å². The molecule has 1 atom stereocenters. The van der Waals surface area contributed by atoms with E-state index in [2.05, 4.69) is 178 Å². The van der Waals surface area contributed by atoms with Gasteiger partial charge in [-0.15, -0.1) is 0 Å². The van der Waals surface area contributed by atoms with Gasteiger partial charge in [0.15, 0.2) is 0 Å². The lowest BCUT2D eigenvalue weighted by molar-refractivity contribution is 0.659. The molecule has 0 fully saturated rings. The molecule has 7 rings (SSSR count).